The quantitative estimate of drug-likeness (QED) is 0.487. The van der Waals surface area contributed by atoms with Gasteiger partial charge in [-0.3, -0.25) is 14.4 Å². The summed E-state index contributed by atoms with van der Waals surface area (Å²) < 4.78 is 8.93. The van der Waals surface area contributed by atoms with Crippen LogP contribution >= 0.6 is 0 Å². The fourth-order valence-electron chi connectivity index (χ4n) is 0.704. The second-order valence-corrected chi connectivity index (χ2v) is 2.69. The molecule has 5 heteroatoms. The van der Waals surface area contributed by atoms with Crippen LogP contribution in [0.2, 0.25) is 0 Å². The molecule has 0 aromatic rings. The van der Waals surface area contributed by atoms with Gasteiger partial charge in [-0.05, 0) is 6.42 Å². The van der Waals surface area contributed by atoms with E-state index in [1.807, 2.05) is 6.92 Å². The van der Waals surface area contributed by atoms with Gasteiger partial charge in [0.1, 0.15) is 0 Å². The molecule has 0 N–H and O–H groups in total. The Bertz CT molecular complexity index is 221. The third-order valence-electron chi connectivity index (χ3n) is 1.26. The van der Waals surface area contributed by atoms with Gasteiger partial charge in [0.15, 0.2) is 0 Å². The predicted molar refractivity (Wildman–Crippen MR) is 47.3 cm³/mol. The van der Waals surface area contributed by atoms with E-state index in [4.69, 9.17) is 4.74 Å². The summed E-state index contributed by atoms with van der Waals surface area (Å²) in [6.07, 6.45) is 0.567. The lowest BCUT2D eigenvalue weighted by molar-refractivity contribution is -0.160. The van der Waals surface area contributed by atoms with Crippen LogP contribution in [0.3, 0.4) is 0 Å². The summed E-state index contributed by atoms with van der Waals surface area (Å²) in [6.45, 7) is 3.35. The van der Waals surface area contributed by atoms with Crippen LogP contribution in [0.5, 0.6) is 0 Å². The van der Waals surface area contributed by atoms with Crippen molar-refractivity contribution in [3.8, 4) is 0 Å². The Morgan fingerprint density at radius 2 is 1.64 bits per heavy atom. The smallest absolute Gasteiger partial charge is 0.314 e. The summed E-state index contributed by atoms with van der Waals surface area (Å²) in [5, 5.41) is 0. The molecule has 0 radical (unpaired) electrons. The van der Waals surface area contributed by atoms with Crippen molar-refractivity contribution in [2.75, 3.05) is 6.61 Å². The zero-order chi connectivity index (χ0) is 11.0. The van der Waals surface area contributed by atoms with Crippen molar-refractivity contribution in [1.82, 2.24) is 0 Å². The Hall–Kier alpha value is -1.39. The SMILES string of the molecule is CCCOC(=O)CCC(=O)OC(C)=O. The second-order valence-electron chi connectivity index (χ2n) is 2.69. The van der Waals surface area contributed by atoms with Crippen molar-refractivity contribution >= 4 is 17.9 Å². The highest BCUT2D eigenvalue weighted by molar-refractivity contribution is 5.86. The number of hydrogen-bond acceptors (Lipinski definition) is 5. The largest absolute Gasteiger partial charge is 0.466 e. The average molecular weight is 202 g/mol. The van der Waals surface area contributed by atoms with Crippen LogP contribution in [0.1, 0.15) is 33.1 Å². The zero-order valence-electron chi connectivity index (χ0n) is 8.37. The molecule has 0 heterocycles. The molecule has 0 rings (SSSR count). The maximum absolute atomic E-state index is 10.9. The minimum absolute atomic E-state index is 0.0495. The van der Waals surface area contributed by atoms with E-state index < -0.39 is 17.9 Å². The fraction of sp³-hybridized carbons (Fsp3) is 0.667. The van der Waals surface area contributed by atoms with Crippen molar-refractivity contribution < 1.29 is 23.9 Å². The summed E-state index contributed by atoms with van der Waals surface area (Å²) in [6, 6.07) is 0. The first-order valence-corrected chi connectivity index (χ1v) is 4.43. The lowest BCUT2D eigenvalue weighted by atomic mass is 10.3. The molecule has 14 heavy (non-hydrogen) atoms. The second kappa shape index (κ2) is 7.06. The highest BCUT2D eigenvalue weighted by Gasteiger charge is 2.10. The first-order chi connectivity index (χ1) is 6.56. The minimum atomic E-state index is -0.703. The van der Waals surface area contributed by atoms with Crippen LogP contribution in [0.15, 0.2) is 0 Å². The van der Waals surface area contributed by atoms with E-state index in [2.05, 4.69) is 4.74 Å². The van der Waals surface area contributed by atoms with Gasteiger partial charge < -0.3 is 9.47 Å². The van der Waals surface area contributed by atoms with E-state index in [1.54, 1.807) is 0 Å². The predicted octanol–water partition coefficient (Wildman–Crippen LogP) is 0.810. The summed E-state index contributed by atoms with van der Waals surface area (Å²) in [4.78, 5) is 32.0. The van der Waals surface area contributed by atoms with Gasteiger partial charge in [-0.1, -0.05) is 6.92 Å². The Morgan fingerprint density at radius 1 is 1.07 bits per heavy atom. The van der Waals surface area contributed by atoms with Crippen molar-refractivity contribution in [3.05, 3.63) is 0 Å². The van der Waals surface area contributed by atoms with E-state index in [0.717, 1.165) is 13.3 Å². The molecule has 0 atom stereocenters. The number of carbonyl (C=O) groups excluding carboxylic acids is 3. The Labute approximate surface area is 82.4 Å². The summed E-state index contributed by atoms with van der Waals surface area (Å²) in [7, 11) is 0. The molecule has 0 aromatic carbocycles. The normalized spacial score (nSPS) is 9.29. The van der Waals surface area contributed by atoms with Crippen molar-refractivity contribution in [3.63, 3.8) is 0 Å². The van der Waals surface area contributed by atoms with Crippen molar-refractivity contribution in [1.29, 1.82) is 0 Å². The molecular weight excluding hydrogens is 188 g/mol. The molecule has 0 spiro atoms. The molecule has 0 aliphatic carbocycles. The molecule has 0 saturated carbocycles. The van der Waals surface area contributed by atoms with Crippen molar-refractivity contribution in [2.24, 2.45) is 0 Å². The van der Waals surface area contributed by atoms with Gasteiger partial charge in [-0.2, -0.15) is 0 Å². The van der Waals surface area contributed by atoms with Gasteiger partial charge in [-0.25, -0.2) is 0 Å². The maximum atomic E-state index is 10.9. The molecule has 0 bridgehead atoms. The van der Waals surface area contributed by atoms with Crippen LogP contribution < -0.4 is 0 Å². The molecule has 0 amide bonds. The molecular formula is C9H14O5. The van der Waals surface area contributed by atoms with E-state index in [0.29, 0.717) is 6.61 Å². The lowest BCUT2D eigenvalue weighted by Crippen LogP contribution is -2.12. The molecule has 0 saturated heterocycles. The van der Waals surface area contributed by atoms with Crippen LogP contribution in [0.4, 0.5) is 0 Å². The van der Waals surface area contributed by atoms with E-state index in [-0.39, 0.29) is 12.8 Å². The number of hydrogen-bond donors (Lipinski definition) is 0. The van der Waals surface area contributed by atoms with E-state index in [9.17, 15) is 14.4 Å². The Balaban J connectivity index is 3.56. The Morgan fingerprint density at radius 3 is 2.14 bits per heavy atom. The fourth-order valence-corrected chi connectivity index (χ4v) is 0.704. The molecule has 0 aliphatic heterocycles. The van der Waals surface area contributed by atoms with Gasteiger partial charge in [0.05, 0.1) is 19.4 Å². The molecule has 0 unspecified atom stereocenters. The first kappa shape index (κ1) is 12.6. The average Bonchev–Trinajstić information content (AvgIpc) is 2.10. The molecule has 0 fully saturated rings. The monoisotopic (exact) mass is 202 g/mol. The summed E-state index contributed by atoms with van der Waals surface area (Å²) in [5.41, 5.74) is 0. The Kier molecular flexibility index (Phi) is 6.36. The number of carbonyl (C=O) groups is 3. The standard InChI is InChI=1S/C9H14O5/c1-3-6-13-8(11)4-5-9(12)14-7(2)10/h3-6H2,1-2H3. The highest BCUT2D eigenvalue weighted by atomic mass is 16.6. The third kappa shape index (κ3) is 7.27. The lowest BCUT2D eigenvalue weighted by Gasteiger charge is -2.01. The first-order valence-electron chi connectivity index (χ1n) is 4.43. The van der Waals surface area contributed by atoms with Gasteiger partial charge in [0.2, 0.25) is 0 Å². The maximum Gasteiger partial charge on any atom is 0.314 e. The number of ether oxygens (including phenoxy) is 2. The number of esters is 3. The van der Waals surface area contributed by atoms with Crippen LogP contribution in [-0.2, 0) is 23.9 Å². The van der Waals surface area contributed by atoms with Gasteiger partial charge >= 0.3 is 17.9 Å². The van der Waals surface area contributed by atoms with Crippen LogP contribution in [-0.4, -0.2) is 24.5 Å². The van der Waals surface area contributed by atoms with Crippen LogP contribution in [0, 0.1) is 0 Å². The number of rotatable bonds is 5. The van der Waals surface area contributed by atoms with Gasteiger partial charge in [0.25, 0.3) is 0 Å². The summed E-state index contributed by atoms with van der Waals surface area (Å²) >= 11 is 0. The molecule has 5 nitrogen and oxygen atoms in total. The van der Waals surface area contributed by atoms with E-state index in [1.165, 1.54) is 0 Å². The minimum Gasteiger partial charge on any atom is -0.466 e. The molecule has 80 valence electrons. The van der Waals surface area contributed by atoms with Gasteiger partial charge in [-0.15, -0.1) is 0 Å². The summed E-state index contributed by atoms with van der Waals surface area (Å²) in [5.74, 6) is -1.82. The molecule has 0 aromatic heterocycles. The van der Waals surface area contributed by atoms with E-state index >= 15 is 0 Å². The third-order valence-corrected chi connectivity index (χ3v) is 1.26. The van der Waals surface area contributed by atoms with Crippen LogP contribution in [0.25, 0.3) is 0 Å². The topological polar surface area (TPSA) is 69.7 Å². The highest BCUT2D eigenvalue weighted by Crippen LogP contribution is 1.96. The zero-order valence-corrected chi connectivity index (χ0v) is 8.37. The van der Waals surface area contributed by atoms with Crippen molar-refractivity contribution in [2.45, 2.75) is 33.1 Å². The molecule has 0 aliphatic rings. The van der Waals surface area contributed by atoms with Gasteiger partial charge in [0, 0.05) is 6.92 Å².